The Hall–Kier alpha value is -0.200. The molecular weight excluding hydrogens is 244 g/mol. The molecule has 1 unspecified atom stereocenters. The Morgan fingerprint density at radius 3 is 2.26 bits per heavy atom. The summed E-state index contributed by atoms with van der Waals surface area (Å²) in [5, 5.41) is 12.7. The summed E-state index contributed by atoms with van der Waals surface area (Å²) in [6.45, 7) is 8.84. The molecule has 0 aliphatic carbocycles. The van der Waals surface area contributed by atoms with Gasteiger partial charge in [0.05, 0.1) is 13.2 Å². The fourth-order valence-corrected chi connectivity index (χ4v) is 2.03. The van der Waals surface area contributed by atoms with Crippen molar-refractivity contribution in [3.8, 4) is 0 Å². The summed E-state index contributed by atoms with van der Waals surface area (Å²) < 4.78 is 10.2. The maximum atomic E-state index is 9.35. The molecule has 0 rings (SSSR count). The van der Waals surface area contributed by atoms with Crippen LogP contribution in [-0.4, -0.2) is 75.8 Å². The third-order valence-electron chi connectivity index (χ3n) is 3.02. The lowest BCUT2D eigenvalue weighted by atomic mass is 10.2. The standard InChI is InChI=1S/C14H32N2O3/c1-13(2)15-14(12-17)6-8-16(9-11-19-4)7-5-10-18-3/h13-15,17H,5-12H2,1-4H3. The van der Waals surface area contributed by atoms with Crippen LogP contribution in [0.3, 0.4) is 0 Å². The number of aliphatic hydroxyl groups is 1. The maximum Gasteiger partial charge on any atom is 0.0589 e. The molecule has 0 saturated carbocycles. The number of rotatable bonds is 13. The maximum absolute atomic E-state index is 9.35. The van der Waals surface area contributed by atoms with Crippen LogP contribution in [0, 0.1) is 0 Å². The average molecular weight is 276 g/mol. The molecule has 0 aromatic carbocycles. The van der Waals surface area contributed by atoms with Crippen LogP contribution in [0.25, 0.3) is 0 Å². The lowest BCUT2D eigenvalue weighted by Crippen LogP contribution is -2.41. The second-order valence-corrected chi connectivity index (χ2v) is 5.17. The fourth-order valence-electron chi connectivity index (χ4n) is 2.03. The van der Waals surface area contributed by atoms with Gasteiger partial charge in [0, 0.05) is 46.0 Å². The van der Waals surface area contributed by atoms with E-state index in [0.29, 0.717) is 6.04 Å². The first-order valence-corrected chi connectivity index (χ1v) is 7.21. The summed E-state index contributed by atoms with van der Waals surface area (Å²) in [5.41, 5.74) is 0. The van der Waals surface area contributed by atoms with Gasteiger partial charge in [-0.2, -0.15) is 0 Å². The lowest BCUT2D eigenvalue weighted by Gasteiger charge is -2.25. The molecule has 0 fully saturated rings. The van der Waals surface area contributed by atoms with Gasteiger partial charge in [-0.3, -0.25) is 0 Å². The van der Waals surface area contributed by atoms with Crippen molar-refractivity contribution >= 4 is 0 Å². The van der Waals surface area contributed by atoms with E-state index < -0.39 is 0 Å². The molecule has 19 heavy (non-hydrogen) atoms. The monoisotopic (exact) mass is 276 g/mol. The molecule has 5 heteroatoms. The van der Waals surface area contributed by atoms with Crippen LogP contribution < -0.4 is 5.32 Å². The van der Waals surface area contributed by atoms with E-state index in [9.17, 15) is 5.11 Å². The normalized spacial score (nSPS) is 13.4. The van der Waals surface area contributed by atoms with Gasteiger partial charge >= 0.3 is 0 Å². The Kier molecular flexibility index (Phi) is 12.7. The van der Waals surface area contributed by atoms with Crippen molar-refractivity contribution in [3.05, 3.63) is 0 Å². The Labute approximate surface area is 118 Å². The topological polar surface area (TPSA) is 54.0 Å². The molecule has 116 valence electrons. The highest BCUT2D eigenvalue weighted by Gasteiger charge is 2.11. The molecule has 0 aliphatic rings. The highest BCUT2D eigenvalue weighted by molar-refractivity contribution is 4.71. The summed E-state index contributed by atoms with van der Waals surface area (Å²) in [5.74, 6) is 0. The zero-order valence-electron chi connectivity index (χ0n) is 13.0. The first-order valence-electron chi connectivity index (χ1n) is 7.21. The van der Waals surface area contributed by atoms with Gasteiger partial charge in [-0.05, 0) is 19.4 Å². The Morgan fingerprint density at radius 1 is 1.05 bits per heavy atom. The summed E-state index contributed by atoms with van der Waals surface area (Å²) in [6, 6.07) is 0.575. The molecule has 0 bridgehead atoms. The number of nitrogens with zero attached hydrogens (tertiary/aromatic N) is 1. The van der Waals surface area contributed by atoms with Crippen LogP contribution in [0.15, 0.2) is 0 Å². The van der Waals surface area contributed by atoms with Gasteiger partial charge in [0.2, 0.25) is 0 Å². The molecule has 0 saturated heterocycles. The van der Waals surface area contributed by atoms with Gasteiger partial charge in [-0.15, -0.1) is 0 Å². The summed E-state index contributed by atoms with van der Waals surface area (Å²) in [7, 11) is 3.46. The Bertz CT molecular complexity index is 192. The molecule has 0 amide bonds. The number of aliphatic hydroxyl groups excluding tert-OH is 1. The van der Waals surface area contributed by atoms with Crippen LogP contribution >= 0.6 is 0 Å². The van der Waals surface area contributed by atoms with Gasteiger partial charge in [0.15, 0.2) is 0 Å². The third kappa shape index (κ3) is 11.3. The molecule has 1 atom stereocenters. The first kappa shape index (κ1) is 18.8. The van der Waals surface area contributed by atoms with Crippen LogP contribution in [0.1, 0.15) is 26.7 Å². The predicted octanol–water partition coefficient (Wildman–Crippen LogP) is 0.720. The zero-order valence-corrected chi connectivity index (χ0v) is 13.0. The van der Waals surface area contributed by atoms with Crippen molar-refractivity contribution in [2.24, 2.45) is 0 Å². The number of hydrogen-bond donors (Lipinski definition) is 2. The van der Waals surface area contributed by atoms with Crippen molar-refractivity contribution in [1.29, 1.82) is 0 Å². The van der Waals surface area contributed by atoms with E-state index in [-0.39, 0.29) is 12.6 Å². The van der Waals surface area contributed by atoms with Gasteiger partial charge < -0.3 is 24.8 Å². The second kappa shape index (κ2) is 12.8. The van der Waals surface area contributed by atoms with Gasteiger partial charge in [-0.1, -0.05) is 13.8 Å². The third-order valence-corrected chi connectivity index (χ3v) is 3.02. The minimum atomic E-state index is 0.174. The number of methoxy groups -OCH3 is 2. The minimum Gasteiger partial charge on any atom is -0.395 e. The van der Waals surface area contributed by atoms with E-state index in [1.165, 1.54) is 0 Å². The van der Waals surface area contributed by atoms with Crippen LogP contribution in [0.2, 0.25) is 0 Å². The van der Waals surface area contributed by atoms with Crippen molar-refractivity contribution in [2.75, 3.05) is 53.7 Å². The van der Waals surface area contributed by atoms with E-state index in [2.05, 4.69) is 24.1 Å². The predicted molar refractivity (Wildman–Crippen MR) is 78.6 cm³/mol. The average Bonchev–Trinajstić information content (AvgIpc) is 2.39. The molecule has 0 radical (unpaired) electrons. The van der Waals surface area contributed by atoms with E-state index in [1.54, 1.807) is 14.2 Å². The molecule has 0 heterocycles. The smallest absolute Gasteiger partial charge is 0.0589 e. The molecule has 0 aliphatic heterocycles. The highest BCUT2D eigenvalue weighted by Crippen LogP contribution is 2.00. The lowest BCUT2D eigenvalue weighted by molar-refractivity contribution is 0.126. The van der Waals surface area contributed by atoms with Crippen LogP contribution in [0.4, 0.5) is 0 Å². The molecule has 2 N–H and O–H groups in total. The Morgan fingerprint density at radius 2 is 1.74 bits per heavy atom. The summed E-state index contributed by atoms with van der Waals surface area (Å²) in [4.78, 5) is 2.37. The Balaban J connectivity index is 3.98. The van der Waals surface area contributed by atoms with E-state index >= 15 is 0 Å². The largest absolute Gasteiger partial charge is 0.395 e. The molecule has 0 aromatic rings. The van der Waals surface area contributed by atoms with E-state index in [4.69, 9.17) is 9.47 Å². The van der Waals surface area contributed by atoms with Gasteiger partial charge in [0.1, 0.15) is 0 Å². The first-order chi connectivity index (χ1) is 9.13. The van der Waals surface area contributed by atoms with Gasteiger partial charge in [0.25, 0.3) is 0 Å². The van der Waals surface area contributed by atoms with Crippen molar-refractivity contribution in [1.82, 2.24) is 10.2 Å². The number of hydrogen-bond acceptors (Lipinski definition) is 5. The second-order valence-electron chi connectivity index (χ2n) is 5.17. The zero-order chi connectivity index (χ0) is 14.5. The number of ether oxygens (including phenoxy) is 2. The summed E-state index contributed by atoms with van der Waals surface area (Å²) >= 11 is 0. The fraction of sp³-hybridized carbons (Fsp3) is 1.00. The number of nitrogens with one attached hydrogen (secondary N) is 1. The summed E-state index contributed by atoms with van der Waals surface area (Å²) in [6.07, 6.45) is 1.98. The molecule has 0 aromatic heterocycles. The van der Waals surface area contributed by atoms with E-state index in [0.717, 1.165) is 45.7 Å². The minimum absolute atomic E-state index is 0.174. The van der Waals surface area contributed by atoms with Gasteiger partial charge in [-0.25, -0.2) is 0 Å². The molecule has 5 nitrogen and oxygen atoms in total. The molecule has 0 spiro atoms. The van der Waals surface area contributed by atoms with Crippen LogP contribution in [-0.2, 0) is 9.47 Å². The molecular formula is C14H32N2O3. The van der Waals surface area contributed by atoms with Crippen molar-refractivity contribution < 1.29 is 14.6 Å². The van der Waals surface area contributed by atoms with E-state index in [1.807, 2.05) is 0 Å². The highest BCUT2D eigenvalue weighted by atomic mass is 16.5. The van der Waals surface area contributed by atoms with Crippen molar-refractivity contribution in [2.45, 2.75) is 38.8 Å². The van der Waals surface area contributed by atoms with Crippen molar-refractivity contribution in [3.63, 3.8) is 0 Å². The van der Waals surface area contributed by atoms with Crippen LogP contribution in [0.5, 0.6) is 0 Å². The quantitative estimate of drug-likeness (QED) is 0.486. The SMILES string of the molecule is COCCCN(CCOC)CCC(CO)NC(C)C.